The SMILES string of the molecule is CCCCOc1ccc(-c2ccc(OCCCCCCCCCCCC3COC4(CCCO4)OC3)cc2)cc1. The van der Waals surface area contributed by atoms with E-state index in [9.17, 15) is 0 Å². The quantitative estimate of drug-likeness (QED) is 0.177. The Morgan fingerprint density at radius 2 is 1.15 bits per heavy atom. The first-order valence-electron chi connectivity index (χ1n) is 15.6. The van der Waals surface area contributed by atoms with Crippen molar-refractivity contribution in [3.05, 3.63) is 48.5 Å². The van der Waals surface area contributed by atoms with E-state index in [2.05, 4.69) is 55.5 Å². The Morgan fingerprint density at radius 1 is 0.641 bits per heavy atom. The maximum Gasteiger partial charge on any atom is 0.282 e. The van der Waals surface area contributed by atoms with E-state index in [0.29, 0.717) is 5.92 Å². The lowest BCUT2D eigenvalue weighted by Crippen LogP contribution is -2.43. The second-order valence-electron chi connectivity index (χ2n) is 11.2. The van der Waals surface area contributed by atoms with Gasteiger partial charge in [0.05, 0.1) is 33.0 Å². The van der Waals surface area contributed by atoms with E-state index in [4.69, 9.17) is 23.7 Å². The number of ether oxygens (including phenoxy) is 5. The van der Waals surface area contributed by atoms with Crippen LogP contribution in [-0.2, 0) is 14.2 Å². The van der Waals surface area contributed by atoms with E-state index < -0.39 is 5.97 Å². The van der Waals surface area contributed by atoms with E-state index in [0.717, 1.165) is 76.6 Å². The molecule has 0 atom stereocenters. The normalized spacial score (nSPS) is 20.9. The van der Waals surface area contributed by atoms with Crippen molar-refractivity contribution in [3.8, 4) is 22.6 Å². The maximum absolute atomic E-state index is 5.98. The Bertz CT molecular complexity index is 894. The predicted molar refractivity (Wildman–Crippen MR) is 157 cm³/mol. The molecular formula is C34H50O5. The zero-order valence-corrected chi connectivity index (χ0v) is 24.2. The molecule has 4 rings (SSSR count). The molecule has 0 N–H and O–H groups in total. The van der Waals surface area contributed by atoms with Crippen molar-refractivity contribution < 1.29 is 23.7 Å². The highest BCUT2D eigenvalue weighted by Crippen LogP contribution is 2.33. The first-order valence-corrected chi connectivity index (χ1v) is 15.6. The number of benzene rings is 2. The van der Waals surface area contributed by atoms with Gasteiger partial charge in [-0.25, -0.2) is 0 Å². The molecule has 39 heavy (non-hydrogen) atoms. The van der Waals surface area contributed by atoms with Gasteiger partial charge in [-0.3, -0.25) is 0 Å². The lowest BCUT2D eigenvalue weighted by Gasteiger charge is -2.36. The summed E-state index contributed by atoms with van der Waals surface area (Å²) in [6.45, 7) is 6.10. The molecule has 2 aromatic rings. The van der Waals surface area contributed by atoms with Gasteiger partial charge in [0.25, 0.3) is 5.97 Å². The largest absolute Gasteiger partial charge is 0.494 e. The fourth-order valence-electron chi connectivity index (χ4n) is 5.35. The summed E-state index contributed by atoms with van der Waals surface area (Å²) in [5.74, 6) is 1.74. The number of unbranched alkanes of at least 4 members (excludes halogenated alkanes) is 9. The van der Waals surface area contributed by atoms with E-state index in [-0.39, 0.29) is 0 Å². The molecule has 0 radical (unpaired) electrons. The molecule has 2 aromatic carbocycles. The summed E-state index contributed by atoms with van der Waals surface area (Å²) in [6.07, 6.45) is 17.0. The van der Waals surface area contributed by atoms with Gasteiger partial charge in [0, 0.05) is 12.3 Å². The van der Waals surface area contributed by atoms with Crippen LogP contribution in [-0.4, -0.2) is 39.0 Å². The van der Waals surface area contributed by atoms with Crippen molar-refractivity contribution in [2.45, 2.75) is 103 Å². The molecule has 2 fully saturated rings. The molecule has 0 amide bonds. The fourth-order valence-corrected chi connectivity index (χ4v) is 5.35. The summed E-state index contributed by atoms with van der Waals surface area (Å²) in [7, 11) is 0. The molecule has 0 aliphatic carbocycles. The summed E-state index contributed by atoms with van der Waals surface area (Å²) in [6, 6.07) is 16.8. The number of hydrogen-bond donors (Lipinski definition) is 0. The lowest BCUT2D eigenvalue weighted by molar-refractivity contribution is -0.390. The highest BCUT2D eigenvalue weighted by atomic mass is 16.9. The Morgan fingerprint density at radius 3 is 1.67 bits per heavy atom. The van der Waals surface area contributed by atoms with Gasteiger partial charge in [0.1, 0.15) is 11.5 Å². The van der Waals surface area contributed by atoms with Crippen molar-refractivity contribution in [1.82, 2.24) is 0 Å². The molecule has 2 aliphatic rings. The Kier molecular flexibility index (Phi) is 12.9. The lowest BCUT2D eigenvalue weighted by atomic mass is 10.0. The molecule has 5 heteroatoms. The molecule has 0 aromatic heterocycles. The second-order valence-corrected chi connectivity index (χ2v) is 11.2. The number of rotatable bonds is 18. The molecule has 0 saturated carbocycles. The molecule has 2 saturated heterocycles. The van der Waals surface area contributed by atoms with E-state index in [1.165, 1.54) is 68.9 Å². The Balaban J connectivity index is 0.953. The zero-order chi connectivity index (χ0) is 27.0. The molecule has 5 nitrogen and oxygen atoms in total. The topological polar surface area (TPSA) is 46.2 Å². The molecule has 1 spiro atoms. The fraction of sp³-hybridized carbons (Fsp3) is 0.647. The van der Waals surface area contributed by atoms with Crippen LogP contribution in [0.15, 0.2) is 48.5 Å². The van der Waals surface area contributed by atoms with Gasteiger partial charge in [-0.15, -0.1) is 0 Å². The highest BCUT2D eigenvalue weighted by molar-refractivity contribution is 5.64. The van der Waals surface area contributed by atoms with Crippen molar-refractivity contribution in [3.63, 3.8) is 0 Å². The zero-order valence-electron chi connectivity index (χ0n) is 24.2. The molecule has 2 aliphatic heterocycles. The van der Waals surface area contributed by atoms with Crippen LogP contribution in [0.2, 0.25) is 0 Å². The van der Waals surface area contributed by atoms with Crippen LogP contribution in [0, 0.1) is 5.92 Å². The van der Waals surface area contributed by atoms with Crippen LogP contribution in [0.5, 0.6) is 11.5 Å². The third-order valence-electron chi connectivity index (χ3n) is 7.86. The molecular weight excluding hydrogens is 488 g/mol. The predicted octanol–water partition coefficient (Wildman–Crippen LogP) is 8.94. The third-order valence-corrected chi connectivity index (χ3v) is 7.86. The van der Waals surface area contributed by atoms with Crippen molar-refractivity contribution >= 4 is 0 Å². The Labute approximate surface area is 236 Å². The van der Waals surface area contributed by atoms with E-state index in [1.54, 1.807) is 0 Å². The minimum atomic E-state index is -0.689. The first-order chi connectivity index (χ1) is 19.3. The van der Waals surface area contributed by atoms with Crippen LogP contribution in [0.1, 0.15) is 96.8 Å². The average molecular weight is 539 g/mol. The van der Waals surface area contributed by atoms with Gasteiger partial charge >= 0.3 is 0 Å². The van der Waals surface area contributed by atoms with Crippen molar-refractivity contribution in [2.75, 3.05) is 33.0 Å². The molecule has 2 heterocycles. The van der Waals surface area contributed by atoms with Crippen LogP contribution in [0.25, 0.3) is 11.1 Å². The van der Waals surface area contributed by atoms with Crippen LogP contribution in [0.3, 0.4) is 0 Å². The van der Waals surface area contributed by atoms with Gasteiger partial charge in [0.2, 0.25) is 0 Å². The van der Waals surface area contributed by atoms with Gasteiger partial charge in [-0.2, -0.15) is 0 Å². The average Bonchev–Trinajstić information content (AvgIpc) is 3.43. The minimum absolute atomic E-state index is 0.535. The smallest absolute Gasteiger partial charge is 0.282 e. The minimum Gasteiger partial charge on any atom is -0.494 e. The second kappa shape index (κ2) is 16.9. The maximum atomic E-state index is 5.98. The van der Waals surface area contributed by atoms with E-state index >= 15 is 0 Å². The molecule has 0 unspecified atom stereocenters. The van der Waals surface area contributed by atoms with Gasteiger partial charge in [0.15, 0.2) is 0 Å². The summed E-state index contributed by atoms with van der Waals surface area (Å²) < 4.78 is 29.2. The van der Waals surface area contributed by atoms with Crippen LogP contribution < -0.4 is 9.47 Å². The summed E-state index contributed by atoms with van der Waals surface area (Å²) in [5, 5.41) is 0. The van der Waals surface area contributed by atoms with Crippen LogP contribution in [0.4, 0.5) is 0 Å². The van der Waals surface area contributed by atoms with Crippen molar-refractivity contribution in [1.29, 1.82) is 0 Å². The monoisotopic (exact) mass is 538 g/mol. The first kappa shape index (κ1) is 29.9. The van der Waals surface area contributed by atoms with Gasteiger partial charge in [-0.05, 0) is 61.1 Å². The summed E-state index contributed by atoms with van der Waals surface area (Å²) >= 11 is 0. The van der Waals surface area contributed by atoms with Gasteiger partial charge < -0.3 is 23.7 Å². The van der Waals surface area contributed by atoms with E-state index in [1.807, 2.05) is 0 Å². The molecule has 0 bridgehead atoms. The van der Waals surface area contributed by atoms with Crippen molar-refractivity contribution in [2.24, 2.45) is 5.92 Å². The number of hydrogen-bond acceptors (Lipinski definition) is 5. The highest BCUT2D eigenvalue weighted by Gasteiger charge is 2.41. The third kappa shape index (κ3) is 10.4. The summed E-state index contributed by atoms with van der Waals surface area (Å²) in [5.41, 5.74) is 2.40. The van der Waals surface area contributed by atoms with Gasteiger partial charge in [-0.1, -0.05) is 89.0 Å². The van der Waals surface area contributed by atoms with Crippen LogP contribution >= 0.6 is 0 Å². The Hall–Kier alpha value is -2.08. The standard InChI is InChI=1S/C34H50O5/c1-2-3-24-35-32-19-15-30(16-20-32)31-17-21-33(22-18-31)36-25-12-10-8-6-4-5-7-9-11-14-29-27-38-34(39-28-29)23-13-26-37-34/h15-22,29H,2-14,23-28H2,1H3. The molecule has 216 valence electrons. The summed E-state index contributed by atoms with van der Waals surface area (Å²) in [4.78, 5) is 0.